The first-order chi connectivity index (χ1) is 12.6. The van der Waals surface area contributed by atoms with Crippen molar-refractivity contribution >= 4 is 10.2 Å². The summed E-state index contributed by atoms with van der Waals surface area (Å²) in [6.07, 6.45) is 16.9. The summed E-state index contributed by atoms with van der Waals surface area (Å²) in [5, 5.41) is 3.47. The Morgan fingerprint density at radius 3 is 1.77 bits per heavy atom. The quantitative estimate of drug-likeness (QED) is 0.240. The second-order valence-electron chi connectivity index (χ2n) is 8.55. The van der Waals surface area contributed by atoms with Crippen LogP contribution in [0.1, 0.15) is 76.2 Å². The summed E-state index contributed by atoms with van der Waals surface area (Å²) in [6, 6.07) is 10.9. The van der Waals surface area contributed by atoms with Gasteiger partial charge in [-0.3, -0.25) is 0 Å². The van der Waals surface area contributed by atoms with Crippen LogP contribution in [0.2, 0.25) is 0 Å². The Hall–Kier alpha value is -0.643. The van der Waals surface area contributed by atoms with Crippen LogP contribution in [-0.4, -0.2) is 48.1 Å². The van der Waals surface area contributed by atoms with Gasteiger partial charge in [0.05, 0.1) is 20.6 Å². The molecule has 0 unspecified atom stereocenters. The summed E-state index contributed by atoms with van der Waals surface area (Å²) in [4.78, 5) is 0. The number of unbranched alkanes of at least 4 members (excludes halogenated alkanes) is 10. The lowest BCUT2D eigenvalue weighted by molar-refractivity contribution is -0.903. The van der Waals surface area contributed by atoms with Crippen molar-refractivity contribution in [2.24, 2.45) is 0 Å². The van der Waals surface area contributed by atoms with Crippen molar-refractivity contribution in [2.45, 2.75) is 77.2 Å². The van der Waals surface area contributed by atoms with Crippen LogP contribution in [0.5, 0.6) is 0 Å². The standard InChI is InChI=1S/C23H45N2Si/c1-25(2,21-23-17-13-12-14-18-23)20-16-11-9-7-5-3-4-6-8-10-15-19-24-22-26/h12-14,17-18,24H,3-11,15-16,19-22H2,1-2,26H3/q+1. The number of nitrogens with one attached hydrogen (secondary N) is 1. The number of hydrogen-bond acceptors (Lipinski definition) is 1. The number of benzene rings is 1. The molecule has 0 spiro atoms. The number of nitrogens with zero attached hydrogens (tertiary/aromatic N) is 1. The van der Waals surface area contributed by atoms with Crippen molar-refractivity contribution in [3.8, 4) is 0 Å². The molecule has 1 N–H and O–H groups in total. The van der Waals surface area contributed by atoms with E-state index in [-0.39, 0.29) is 0 Å². The molecule has 0 amide bonds. The molecule has 0 saturated carbocycles. The SMILES string of the molecule is C[N+](C)(CCCCCCCCCCCCCNC[SiH3])Cc1ccccc1. The van der Waals surface area contributed by atoms with Crippen LogP contribution >= 0.6 is 0 Å². The van der Waals surface area contributed by atoms with Gasteiger partial charge in [0.1, 0.15) is 6.54 Å². The molecule has 1 aromatic carbocycles. The fraction of sp³-hybridized carbons (Fsp3) is 0.739. The van der Waals surface area contributed by atoms with Gasteiger partial charge < -0.3 is 9.80 Å². The number of rotatable bonds is 17. The molecule has 0 aliphatic carbocycles. The van der Waals surface area contributed by atoms with Gasteiger partial charge in [0.25, 0.3) is 0 Å². The van der Waals surface area contributed by atoms with Gasteiger partial charge in [-0.25, -0.2) is 0 Å². The van der Waals surface area contributed by atoms with E-state index in [0.717, 1.165) is 11.0 Å². The first-order valence-electron chi connectivity index (χ1n) is 11.2. The Bertz CT molecular complexity index is 419. The first kappa shape index (κ1) is 23.4. The van der Waals surface area contributed by atoms with Crippen molar-refractivity contribution in [1.29, 1.82) is 0 Å². The molecule has 0 bridgehead atoms. The summed E-state index contributed by atoms with van der Waals surface area (Å²) in [5.41, 5.74) is 1.46. The van der Waals surface area contributed by atoms with Crippen molar-refractivity contribution in [3.63, 3.8) is 0 Å². The molecule has 2 nitrogen and oxygen atoms in total. The highest BCUT2D eigenvalue weighted by molar-refractivity contribution is 6.08. The van der Waals surface area contributed by atoms with Crippen molar-refractivity contribution in [3.05, 3.63) is 35.9 Å². The van der Waals surface area contributed by atoms with E-state index in [9.17, 15) is 0 Å². The third kappa shape index (κ3) is 13.5. The molecule has 1 aromatic rings. The lowest BCUT2D eigenvalue weighted by Gasteiger charge is -2.30. The van der Waals surface area contributed by atoms with Crippen LogP contribution in [0.25, 0.3) is 0 Å². The van der Waals surface area contributed by atoms with Crippen LogP contribution in [0.4, 0.5) is 0 Å². The predicted molar refractivity (Wildman–Crippen MR) is 121 cm³/mol. The molecule has 0 atom stereocenters. The molecule has 1 rings (SSSR count). The zero-order chi connectivity index (χ0) is 18.9. The van der Waals surface area contributed by atoms with Gasteiger partial charge in [0.2, 0.25) is 0 Å². The second-order valence-corrected chi connectivity index (χ2v) is 9.25. The monoisotopic (exact) mass is 377 g/mol. The molecule has 0 heterocycles. The third-order valence-corrected chi connectivity index (χ3v) is 5.82. The van der Waals surface area contributed by atoms with Crippen molar-refractivity contribution < 1.29 is 4.48 Å². The summed E-state index contributed by atoms with van der Waals surface area (Å²) in [6.45, 7) is 3.69. The average Bonchev–Trinajstić information content (AvgIpc) is 2.62. The molecule has 0 aliphatic heterocycles. The lowest BCUT2D eigenvalue weighted by Crippen LogP contribution is -2.39. The Labute approximate surface area is 166 Å². The minimum Gasteiger partial charge on any atom is -0.325 e. The molecule has 3 heteroatoms. The van der Waals surface area contributed by atoms with Gasteiger partial charge >= 0.3 is 0 Å². The third-order valence-electron chi connectivity index (χ3n) is 5.32. The summed E-state index contributed by atoms with van der Waals surface area (Å²) in [5.74, 6) is 0. The molecule has 150 valence electrons. The van der Waals surface area contributed by atoms with Gasteiger partial charge in [-0.1, -0.05) is 81.7 Å². The summed E-state index contributed by atoms with van der Waals surface area (Å²) in [7, 11) is 6.03. The van der Waals surface area contributed by atoms with Crippen LogP contribution in [0, 0.1) is 0 Å². The molecular weight excluding hydrogens is 332 g/mol. The predicted octanol–water partition coefficient (Wildman–Crippen LogP) is 4.47. The fourth-order valence-electron chi connectivity index (χ4n) is 3.71. The molecule has 0 radical (unpaired) electrons. The second kappa shape index (κ2) is 15.4. The first-order valence-corrected chi connectivity index (χ1v) is 12.6. The maximum Gasteiger partial charge on any atom is 0.104 e. The van der Waals surface area contributed by atoms with Crippen LogP contribution < -0.4 is 5.32 Å². The maximum absolute atomic E-state index is 3.47. The minimum absolute atomic E-state index is 1.11. The smallest absolute Gasteiger partial charge is 0.104 e. The van der Waals surface area contributed by atoms with E-state index in [1.54, 1.807) is 0 Å². The summed E-state index contributed by atoms with van der Waals surface area (Å²) < 4.78 is 1.11. The maximum atomic E-state index is 3.47. The Morgan fingerprint density at radius 1 is 0.731 bits per heavy atom. The molecule has 0 fully saturated rings. The van der Waals surface area contributed by atoms with E-state index in [4.69, 9.17) is 0 Å². The number of hydrogen-bond donors (Lipinski definition) is 1. The molecular formula is C23H45N2Si+. The van der Waals surface area contributed by atoms with Gasteiger partial charge in [-0.15, -0.1) is 0 Å². The van der Waals surface area contributed by atoms with E-state index < -0.39 is 0 Å². The van der Waals surface area contributed by atoms with Gasteiger partial charge in [-0.2, -0.15) is 0 Å². The lowest BCUT2D eigenvalue weighted by atomic mass is 10.1. The highest BCUT2D eigenvalue weighted by atomic mass is 28.1. The van der Waals surface area contributed by atoms with Crippen LogP contribution in [0.3, 0.4) is 0 Å². The molecule has 0 saturated heterocycles. The molecule has 0 aromatic heterocycles. The topological polar surface area (TPSA) is 12.0 Å². The fourth-order valence-corrected chi connectivity index (χ4v) is 4.07. The zero-order valence-corrected chi connectivity index (χ0v) is 19.9. The van der Waals surface area contributed by atoms with E-state index in [1.165, 1.54) is 106 Å². The Kier molecular flexibility index (Phi) is 13.9. The highest BCUT2D eigenvalue weighted by Gasteiger charge is 2.14. The van der Waals surface area contributed by atoms with Crippen molar-refractivity contribution in [2.75, 3.05) is 33.4 Å². The average molecular weight is 378 g/mol. The van der Waals surface area contributed by atoms with Crippen LogP contribution in [0.15, 0.2) is 30.3 Å². The minimum atomic E-state index is 1.11. The van der Waals surface area contributed by atoms with E-state index in [2.05, 4.69) is 49.7 Å². The normalized spacial score (nSPS) is 11.9. The van der Waals surface area contributed by atoms with E-state index in [1.807, 2.05) is 0 Å². The number of quaternary nitrogens is 1. The van der Waals surface area contributed by atoms with Gasteiger partial charge in [-0.05, 0) is 32.0 Å². The summed E-state index contributed by atoms with van der Waals surface area (Å²) >= 11 is 0. The van der Waals surface area contributed by atoms with Crippen molar-refractivity contribution in [1.82, 2.24) is 5.32 Å². The Balaban J connectivity index is 1.87. The Morgan fingerprint density at radius 2 is 1.23 bits per heavy atom. The van der Waals surface area contributed by atoms with Crippen LogP contribution in [-0.2, 0) is 6.54 Å². The largest absolute Gasteiger partial charge is 0.325 e. The molecule has 0 aliphatic rings. The molecule has 26 heavy (non-hydrogen) atoms. The zero-order valence-electron chi connectivity index (χ0n) is 17.9. The van der Waals surface area contributed by atoms with E-state index in [0.29, 0.717) is 0 Å². The van der Waals surface area contributed by atoms with Gasteiger partial charge in [0, 0.05) is 15.8 Å². The van der Waals surface area contributed by atoms with Gasteiger partial charge in [0.15, 0.2) is 0 Å². The van der Waals surface area contributed by atoms with E-state index >= 15 is 0 Å². The highest BCUT2D eigenvalue weighted by Crippen LogP contribution is 2.14.